The number of imidazole rings is 1. The summed E-state index contributed by atoms with van der Waals surface area (Å²) >= 11 is 0. The van der Waals surface area contributed by atoms with Crippen LogP contribution in [0.2, 0.25) is 0 Å². The van der Waals surface area contributed by atoms with E-state index in [2.05, 4.69) is 25.5 Å². The monoisotopic (exact) mass is 317 g/mol. The smallest absolute Gasteiger partial charge is 0.269 e. The summed E-state index contributed by atoms with van der Waals surface area (Å²) in [5.41, 5.74) is 3.96. The van der Waals surface area contributed by atoms with Crippen LogP contribution in [-0.4, -0.2) is 26.1 Å². The van der Waals surface area contributed by atoms with Crippen molar-refractivity contribution in [3.05, 3.63) is 72.2 Å². The minimum Gasteiger partial charge on any atom is -0.343 e. The van der Waals surface area contributed by atoms with Crippen LogP contribution in [0.5, 0.6) is 0 Å². The van der Waals surface area contributed by atoms with Crippen LogP contribution in [0.1, 0.15) is 16.3 Å². The topological polar surface area (TPSA) is 86.5 Å². The number of para-hydroxylation sites is 2. The summed E-state index contributed by atoms with van der Waals surface area (Å²) in [7, 11) is 0. The van der Waals surface area contributed by atoms with Crippen LogP contribution in [0.4, 0.5) is 0 Å². The van der Waals surface area contributed by atoms with E-state index in [4.69, 9.17) is 0 Å². The van der Waals surface area contributed by atoms with Gasteiger partial charge in [-0.15, -0.1) is 0 Å². The van der Waals surface area contributed by atoms with Crippen molar-refractivity contribution in [3.8, 4) is 11.3 Å². The number of amides is 1. The number of carbonyl (C=O) groups excluding carboxylic acids is 1. The lowest BCUT2D eigenvalue weighted by Gasteiger charge is -2.00. The highest BCUT2D eigenvalue weighted by Gasteiger charge is 2.11. The van der Waals surface area contributed by atoms with Gasteiger partial charge in [0.1, 0.15) is 11.5 Å². The normalized spacial score (nSPS) is 10.8. The van der Waals surface area contributed by atoms with Crippen LogP contribution in [0.25, 0.3) is 22.3 Å². The quantitative estimate of drug-likeness (QED) is 0.541. The van der Waals surface area contributed by atoms with Gasteiger partial charge in [0, 0.05) is 5.56 Å². The third-order valence-corrected chi connectivity index (χ3v) is 3.75. The number of nitrogens with one attached hydrogen (secondary N) is 3. The van der Waals surface area contributed by atoms with E-state index in [9.17, 15) is 4.79 Å². The molecule has 0 radical (unpaired) electrons. The van der Waals surface area contributed by atoms with Crippen LogP contribution < -0.4 is 5.32 Å². The Kier molecular flexibility index (Phi) is 3.55. The van der Waals surface area contributed by atoms with Gasteiger partial charge >= 0.3 is 0 Å². The Hall–Kier alpha value is -3.41. The van der Waals surface area contributed by atoms with Gasteiger partial charge in [-0.2, -0.15) is 5.10 Å². The number of hydrogen-bond donors (Lipinski definition) is 3. The van der Waals surface area contributed by atoms with Crippen molar-refractivity contribution in [2.75, 3.05) is 0 Å². The number of aromatic nitrogens is 4. The second-order valence-corrected chi connectivity index (χ2v) is 5.42. The molecule has 2 aromatic carbocycles. The van der Waals surface area contributed by atoms with E-state index in [1.54, 1.807) is 6.07 Å². The van der Waals surface area contributed by atoms with Gasteiger partial charge in [-0.25, -0.2) is 4.98 Å². The standard InChI is InChI=1S/C18H15N5O/c24-18(16-10-15(22-23-16)12-6-2-1-3-7-12)19-11-17-20-13-8-4-5-9-14(13)21-17/h1-10H,11H2,(H,19,24)(H,20,21)(H,22,23). The van der Waals surface area contributed by atoms with Gasteiger partial charge in [0.25, 0.3) is 5.91 Å². The maximum Gasteiger partial charge on any atom is 0.269 e. The number of hydrogen-bond acceptors (Lipinski definition) is 3. The van der Waals surface area contributed by atoms with Crippen LogP contribution in [-0.2, 0) is 6.54 Å². The first kappa shape index (κ1) is 14.2. The van der Waals surface area contributed by atoms with Crippen LogP contribution in [0.15, 0.2) is 60.7 Å². The molecule has 2 heterocycles. The van der Waals surface area contributed by atoms with Gasteiger partial charge in [0.05, 0.1) is 23.3 Å². The molecule has 0 aliphatic rings. The molecule has 0 saturated heterocycles. The Balaban J connectivity index is 1.45. The van der Waals surface area contributed by atoms with Gasteiger partial charge in [-0.1, -0.05) is 42.5 Å². The molecule has 6 heteroatoms. The second kappa shape index (κ2) is 6.00. The number of nitrogens with zero attached hydrogens (tertiary/aromatic N) is 2. The fourth-order valence-corrected chi connectivity index (χ4v) is 2.54. The first-order valence-corrected chi connectivity index (χ1v) is 7.62. The van der Waals surface area contributed by atoms with Gasteiger partial charge in [0.2, 0.25) is 0 Å². The molecular weight excluding hydrogens is 302 g/mol. The highest BCUT2D eigenvalue weighted by Crippen LogP contribution is 2.17. The zero-order chi connectivity index (χ0) is 16.4. The van der Waals surface area contributed by atoms with Gasteiger partial charge in [-0.05, 0) is 18.2 Å². The van der Waals surface area contributed by atoms with Crippen LogP contribution in [0.3, 0.4) is 0 Å². The third-order valence-electron chi connectivity index (χ3n) is 3.75. The number of benzene rings is 2. The molecule has 6 nitrogen and oxygen atoms in total. The summed E-state index contributed by atoms with van der Waals surface area (Å²) in [6.45, 7) is 0.327. The first-order valence-electron chi connectivity index (χ1n) is 7.62. The number of rotatable bonds is 4. The molecule has 3 N–H and O–H groups in total. The van der Waals surface area contributed by atoms with Crippen LogP contribution in [0, 0.1) is 0 Å². The molecule has 0 unspecified atom stereocenters. The molecule has 1 amide bonds. The van der Waals surface area contributed by atoms with E-state index in [1.165, 1.54) is 0 Å². The number of aromatic amines is 2. The number of H-pyrrole nitrogens is 2. The largest absolute Gasteiger partial charge is 0.343 e. The predicted molar refractivity (Wildman–Crippen MR) is 91.3 cm³/mol. The van der Waals surface area contributed by atoms with E-state index >= 15 is 0 Å². The molecule has 4 rings (SSSR count). The van der Waals surface area contributed by atoms with Crippen LogP contribution >= 0.6 is 0 Å². The summed E-state index contributed by atoms with van der Waals surface area (Å²) in [6.07, 6.45) is 0. The maximum atomic E-state index is 12.3. The predicted octanol–water partition coefficient (Wildman–Crippen LogP) is 2.88. The SMILES string of the molecule is O=C(NCc1nc2ccccc2[nH]1)c1cc(-c2ccccc2)n[nH]1. The molecule has 0 bridgehead atoms. The Labute approximate surface area is 137 Å². The lowest BCUT2D eigenvalue weighted by Crippen LogP contribution is -2.23. The number of fused-ring (bicyclic) bond motifs is 1. The lowest BCUT2D eigenvalue weighted by atomic mass is 10.1. The summed E-state index contributed by atoms with van der Waals surface area (Å²) in [5, 5.41) is 9.80. The van der Waals surface area contributed by atoms with Crippen molar-refractivity contribution in [3.63, 3.8) is 0 Å². The number of carbonyl (C=O) groups is 1. The molecule has 0 spiro atoms. The Morgan fingerprint density at radius 2 is 1.83 bits per heavy atom. The second-order valence-electron chi connectivity index (χ2n) is 5.42. The fraction of sp³-hybridized carbons (Fsp3) is 0.0556. The molecule has 0 aliphatic heterocycles. The Morgan fingerprint density at radius 3 is 2.67 bits per heavy atom. The summed E-state index contributed by atoms with van der Waals surface area (Å²) < 4.78 is 0. The summed E-state index contributed by atoms with van der Waals surface area (Å²) in [4.78, 5) is 19.9. The zero-order valence-electron chi connectivity index (χ0n) is 12.8. The maximum absolute atomic E-state index is 12.3. The van der Waals surface area contributed by atoms with E-state index in [1.807, 2.05) is 54.6 Å². The third kappa shape index (κ3) is 2.77. The Morgan fingerprint density at radius 1 is 1.04 bits per heavy atom. The molecule has 0 saturated carbocycles. The fourth-order valence-electron chi connectivity index (χ4n) is 2.54. The van der Waals surface area contributed by atoms with Crippen molar-refractivity contribution in [2.24, 2.45) is 0 Å². The average Bonchev–Trinajstić information content (AvgIpc) is 3.27. The first-order chi connectivity index (χ1) is 11.8. The summed E-state index contributed by atoms with van der Waals surface area (Å²) in [5.74, 6) is 0.498. The zero-order valence-corrected chi connectivity index (χ0v) is 12.8. The molecule has 4 aromatic rings. The minimum absolute atomic E-state index is 0.217. The molecule has 118 valence electrons. The van der Waals surface area contributed by atoms with Gasteiger partial charge in [-0.3, -0.25) is 9.89 Å². The molecule has 0 fully saturated rings. The van der Waals surface area contributed by atoms with E-state index in [-0.39, 0.29) is 5.91 Å². The van der Waals surface area contributed by atoms with Gasteiger partial charge < -0.3 is 10.3 Å². The van der Waals surface area contributed by atoms with Crippen molar-refractivity contribution < 1.29 is 4.79 Å². The lowest BCUT2D eigenvalue weighted by molar-refractivity contribution is 0.0945. The van der Waals surface area contributed by atoms with Crippen molar-refractivity contribution in [1.82, 2.24) is 25.5 Å². The molecular formula is C18H15N5O. The van der Waals surface area contributed by atoms with E-state index in [0.29, 0.717) is 18.1 Å². The molecule has 0 atom stereocenters. The minimum atomic E-state index is -0.217. The van der Waals surface area contributed by atoms with Crippen molar-refractivity contribution >= 4 is 16.9 Å². The molecule has 2 aromatic heterocycles. The average molecular weight is 317 g/mol. The Bertz CT molecular complexity index is 954. The van der Waals surface area contributed by atoms with Gasteiger partial charge in [0.15, 0.2) is 0 Å². The highest BCUT2D eigenvalue weighted by molar-refractivity contribution is 5.93. The highest BCUT2D eigenvalue weighted by atomic mass is 16.1. The molecule has 24 heavy (non-hydrogen) atoms. The van der Waals surface area contributed by atoms with E-state index in [0.717, 1.165) is 22.3 Å². The summed E-state index contributed by atoms with van der Waals surface area (Å²) in [6, 6.07) is 19.2. The van der Waals surface area contributed by atoms with E-state index < -0.39 is 0 Å². The van der Waals surface area contributed by atoms with Crippen molar-refractivity contribution in [2.45, 2.75) is 6.54 Å². The molecule has 0 aliphatic carbocycles. The van der Waals surface area contributed by atoms with Crippen molar-refractivity contribution in [1.29, 1.82) is 0 Å².